The summed E-state index contributed by atoms with van der Waals surface area (Å²) in [6.07, 6.45) is 1.66. The van der Waals surface area contributed by atoms with E-state index in [1.54, 1.807) is 35.8 Å². The molecule has 0 fully saturated rings. The molecule has 0 radical (unpaired) electrons. The fourth-order valence-electron chi connectivity index (χ4n) is 2.10. The molecular weight excluding hydrogens is 316 g/mol. The van der Waals surface area contributed by atoms with E-state index in [2.05, 4.69) is 4.98 Å². The van der Waals surface area contributed by atoms with Crippen molar-refractivity contribution in [1.82, 2.24) is 9.38 Å². The van der Waals surface area contributed by atoms with Crippen LogP contribution in [0.25, 0.3) is 4.96 Å². The van der Waals surface area contributed by atoms with E-state index >= 15 is 0 Å². The summed E-state index contributed by atoms with van der Waals surface area (Å²) in [7, 11) is 0. The lowest BCUT2D eigenvalue weighted by Crippen LogP contribution is -2.15. The summed E-state index contributed by atoms with van der Waals surface area (Å²) >= 11 is 1.35. The van der Waals surface area contributed by atoms with Gasteiger partial charge in [-0.25, -0.2) is 9.78 Å². The zero-order valence-electron chi connectivity index (χ0n) is 12.4. The highest BCUT2D eigenvalue weighted by molar-refractivity contribution is 7.15. The number of carbonyl (C=O) groups is 1. The van der Waals surface area contributed by atoms with E-state index < -0.39 is 5.97 Å². The number of thiazole rings is 1. The molecule has 0 aliphatic carbocycles. The molecule has 118 valence electrons. The molecule has 0 aliphatic rings. The summed E-state index contributed by atoms with van der Waals surface area (Å²) in [4.78, 5) is 28.9. The van der Waals surface area contributed by atoms with Crippen LogP contribution in [0.2, 0.25) is 0 Å². The van der Waals surface area contributed by atoms with Crippen molar-refractivity contribution >= 4 is 22.3 Å². The van der Waals surface area contributed by atoms with E-state index in [1.807, 2.05) is 6.92 Å². The molecule has 0 unspecified atom stereocenters. The number of aromatic nitrogens is 2. The second kappa shape index (κ2) is 6.62. The minimum Gasteiger partial charge on any atom is -0.493 e. The molecule has 0 bridgehead atoms. The molecule has 3 aromatic rings. The molecular formula is C16H14N2O4S. The average molecular weight is 330 g/mol. The number of hydrogen-bond donors (Lipinski definition) is 0. The first-order valence-electron chi connectivity index (χ1n) is 7.03. The van der Waals surface area contributed by atoms with E-state index in [4.69, 9.17) is 9.47 Å². The highest BCUT2D eigenvalue weighted by Crippen LogP contribution is 2.19. The van der Waals surface area contributed by atoms with Gasteiger partial charge in [0.1, 0.15) is 17.9 Å². The maximum Gasteiger partial charge on any atom is 0.342 e. The van der Waals surface area contributed by atoms with E-state index in [1.165, 1.54) is 21.8 Å². The standard InChI is InChI=1S/C16H14N2O4S/c1-2-21-13-6-4-3-5-12(13)15(20)22-10-11-9-14(19)18-7-8-23-16(18)17-11/h3-9H,2,10H2,1H3. The Labute approximate surface area is 135 Å². The van der Waals surface area contributed by atoms with Crippen LogP contribution >= 0.6 is 11.3 Å². The van der Waals surface area contributed by atoms with Gasteiger partial charge in [0.25, 0.3) is 5.56 Å². The lowest BCUT2D eigenvalue weighted by Gasteiger charge is -2.09. The van der Waals surface area contributed by atoms with Crippen LogP contribution in [0, 0.1) is 0 Å². The van der Waals surface area contributed by atoms with Crippen LogP contribution in [0.3, 0.4) is 0 Å². The molecule has 0 saturated heterocycles. The number of fused-ring (bicyclic) bond motifs is 1. The number of esters is 1. The monoisotopic (exact) mass is 330 g/mol. The molecule has 0 saturated carbocycles. The van der Waals surface area contributed by atoms with Gasteiger partial charge in [0.05, 0.1) is 12.3 Å². The van der Waals surface area contributed by atoms with Crippen LogP contribution in [-0.2, 0) is 11.3 Å². The van der Waals surface area contributed by atoms with E-state index in [-0.39, 0.29) is 12.2 Å². The molecule has 0 aliphatic heterocycles. The summed E-state index contributed by atoms with van der Waals surface area (Å²) in [5.41, 5.74) is 0.569. The molecule has 23 heavy (non-hydrogen) atoms. The maximum absolute atomic E-state index is 12.2. The fraction of sp³-hybridized carbons (Fsp3) is 0.188. The van der Waals surface area contributed by atoms with Crippen molar-refractivity contribution < 1.29 is 14.3 Å². The quantitative estimate of drug-likeness (QED) is 0.672. The normalized spacial score (nSPS) is 10.7. The van der Waals surface area contributed by atoms with Crippen molar-refractivity contribution in [2.75, 3.05) is 6.61 Å². The number of benzene rings is 1. The lowest BCUT2D eigenvalue weighted by atomic mass is 10.2. The molecule has 0 spiro atoms. The summed E-state index contributed by atoms with van der Waals surface area (Å²) in [6, 6.07) is 8.23. The Morgan fingerprint density at radius 1 is 1.35 bits per heavy atom. The largest absolute Gasteiger partial charge is 0.493 e. The average Bonchev–Trinajstić information content (AvgIpc) is 3.02. The highest BCUT2D eigenvalue weighted by Gasteiger charge is 2.14. The molecule has 1 aromatic carbocycles. The van der Waals surface area contributed by atoms with Gasteiger partial charge in [0.15, 0.2) is 4.96 Å². The highest BCUT2D eigenvalue weighted by atomic mass is 32.1. The number of hydrogen-bond acceptors (Lipinski definition) is 6. The molecule has 2 aromatic heterocycles. The van der Waals surface area contributed by atoms with Gasteiger partial charge in [-0.1, -0.05) is 12.1 Å². The van der Waals surface area contributed by atoms with Gasteiger partial charge in [-0.3, -0.25) is 9.20 Å². The number of para-hydroxylation sites is 1. The Morgan fingerprint density at radius 2 is 2.17 bits per heavy atom. The van der Waals surface area contributed by atoms with Gasteiger partial charge in [0, 0.05) is 17.6 Å². The van der Waals surface area contributed by atoms with Crippen LogP contribution in [0.4, 0.5) is 0 Å². The van der Waals surface area contributed by atoms with Crippen LogP contribution < -0.4 is 10.3 Å². The van der Waals surface area contributed by atoms with Gasteiger partial charge in [0.2, 0.25) is 0 Å². The second-order valence-corrected chi connectivity index (χ2v) is 5.52. The zero-order chi connectivity index (χ0) is 16.2. The van der Waals surface area contributed by atoms with Gasteiger partial charge >= 0.3 is 5.97 Å². The lowest BCUT2D eigenvalue weighted by molar-refractivity contribution is 0.0463. The smallest absolute Gasteiger partial charge is 0.342 e. The molecule has 0 amide bonds. The fourth-order valence-corrected chi connectivity index (χ4v) is 2.83. The van der Waals surface area contributed by atoms with Gasteiger partial charge < -0.3 is 9.47 Å². The van der Waals surface area contributed by atoms with Gasteiger partial charge in [-0.15, -0.1) is 11.3 Å². The molecule has 7 heteroatoms. The number of ether oxygens (including phenoxy) is 2. The van der Waals surface area contributed by atoms with Crippen molar-refractivity contribution in [1.29, 1.82) is 0 Å². The first-order chi connectivity index (χ1) is 11.2. The van der Waals surface area contributed by atoms with Gasteiger partial charge in [-0.05, 0) is 19.1 Å². The maximum atomic E-state index is 12.2. The van der Waals surface area contributed by atoms with E-state index in [9.17, 15) is 9.59 Å². The van der Waals surface area contributed by atoms with E-state index in [0.717, 1.165) is 0 Å². The molecule has 0 N–H and O–H groups in total. The second-order valence-electron chi connectivity index (χ2n) is 4.65. The molecule has 0 atom stereocenters. The first kappa shape index (κ1) is 15.2. The molecule has 2 heterocycles. The Bertz CT molecular complexity index is 900. The molecule has 6 nitrogen and oxygen atoms in total. The number of nitrogens with zero attached hydrogens (tertiary/aromatic N) is 2. The van der Waals surface area contributed by atoms with Crippen molar-refractivity contribution in [3.8, 4) is 5.75 Å². The number of rotatable bonds is 5. The molecule has 3 rings (SSSR count). The SMILES string of the molecule is CCOc1ccccc1C(=O)OCc1cc(=O)n2ccsc2n1. The number of carbonyl (C=O) groups excluding carboxylic acids is 1. The van der Waals surface area contributed by atoms with Crippen LogP contribution in [0.1, 0.15) is 23.0 Å². The summed E-state index contributed by atoms with van der Waals surface area (Å²) in [6.45, 7) is 2.23. The predicted molar refractivity (Wildman–Crippen MR) is 86.1 cm³/mol. The van der Waals surface area contributed by atoms with Crippen molar-refractivity contribution in [2.45, 2.75) is 13.5 Å². The third-order valence-corrected chi connectivity index (χ3v) is 3.87. The Hall–Kier alpha value is -2.67. The minimum atomic E-state index is -0.512. The summed E-state index contributed by atoms with van der Waals surface area (Å²) in [5.74, 6) is -0.0380. The topological polar surface area (TPSA) is 69.9 Å². The zero-order valence-corrected chi connectivity index (χ0v) is 13.2. The Kier molecular flexibility index (Phi) is 4.38. The third kappa shape index (κ3) is 3.24. The Balaban J connectivity index is 1.77. The third-order valence-electron chi connectivity index (χ3n) is 3.11. The predicted octanol–water partition coefficient (Wildman–Crippen LogP) is 2.51. The van der Waals surface area contributed by atoms with Crippen LogP contribution in [-0.4, -0.2) is 22.0 Å². The van der Waals surface area contributed by atoms with Gasteiger partial charge in [-0.2, -0.15) is 0 Å². The summed E-state index contributed by atoms with van der Waals surface area (Å²) < 4.78 is 12.1. The minimum absolute atomic E-state index is 0.0665. The first-order valence-corrected chi connectivity index (χ1v) is 7.91. The van der Waals surface area contributed by atoms with Crippen molar-refractivity contribution in [3.63, 3.8) is 0 Å². The van der Waals surface area contributed by atoms with Crippen molar-refractivity contribution in [2.24, 2.45) is 0 Å². The van der Waals surface area contributed by atoms with E-state index in [0.29, 0.717) is 28.6 Å². The van der Waals surface area contributed by atoms with Crippen LogP contribution in [0.5, 0.6) is 5.75 Å². The Morgan fingerprint density at radius 3 is 3.00 bits per heavy atom. The summed E-state index contributed by atoms with van der Waals surface area (Å²) in [5, 5.41) is 1.78. The van der Waals surface area contributed by atoms with Crippen LogP contribution in [0.15, 0.2) is 46.7 Å². The van der Waals surface area contributed by atoms with Crippen molar-refractivity contribution in [3.05, 3.63) is 63.5 Å².